The maximum Gasteiger partial charge on any atom is 0.253 e. The molecule has 0 bridgehead atoms. The Morgan fingerprint density at radius 3 is 2.43 bits per heavy atom. The van der Waals surface area contributed by atoms with E-state index in [4.69, 9.17) is 0 Å². The molecule has 0 saturated carbocycles. The number of fused-ring (bicyclic) bond motifs is 1. The van der Waals surface area contributed by atoms with Crippen LogP contribution in [-0.2, 0) is 16.4 Å². The minimum atomic E-state index is -3.25. The average molecular weight is 337 g/mol. The molecule has 23 heavy (non-hydrogen) atoms. The van der Waals surface area contributed by atoms with Gasteiger partial charge >= 0.3 is 0 Å². The first-order valence-electron chi connectivity index (χ1n) is 8.02. The van der Waals surface area contributed by atoms with Crippen molar-refractivity contribution in [3.63, 3.8) is 0 Å². The summed E-state index contributed by atoms with van der Waals surface area (Å²) in [5.41, 5.74) is 2.30. The van der Waals surface area contributed by atoms with E-state index in [1.54, 1.807) is 12.1 Å². The molecule has 7 heteroatoms. The molecular weight excluding hydrogens is 314 g/mol. The Kier molecular flexibility index (Phi) is 4.33. The summed E-state index contributed by atoms with van der Waals surface area (Å²) in [4.78, 5) is 16.9. The third-order valence-electron chi connectivity index (χ3n) is 4.69. The molecule has 1 aromatic rings. The first kappa shape index (κ1) is 16.3. The fourth-order valence-corrected chi connectivity index (χ4v) is 4.26. The number of hydrogen-bond acceptors (Lipinski definition) is 4. The van der Waals surface area contributed by atoms with Crippen LogP contribution in [0, 0.1) is 0 Å². The number of likely N-dealkylation sites (N-methyl/N-ethyl adjacent to an activating group) is 1. The van der Waals surface area contributed by atoms with Crippen LogP contribution in [0.2, 0.25) is 0 Å². The molecule has 1 amide bonds. The van der Waals surface area contributed by atoms with Crippen molar-refractivity contribution in [1.82, 2.24) is 9.80 Å². The van der Waals surface area contributed by atoms with Crippen LogP contribution in [0.3, 0.4) is 0 Å². The highest BCUT2D eigenvalue weighted by atomic mass is 32.2. The zero-order valence-electron chi connectivity index (χ0n) is 13.7. The molecule has 0 atom stereocenters. The molecule has 2 heterocycles. The lowest BCUT2D eigenvalue weighted by Gasteiger charge is -2.34. The van der Waals surface area contributed by atoms with Crippen molar-refractivity contribution in [2.24, 2.45) is 0 Å². The van der Waals surface area contributed by atoms with Crippen LogP contribution in [0.1, 0.15) is 22.8 Å². The minimum Gasteiger partial charge on any atom is -0.336 e. The zero-order valence-corrected chi connectivity index (χ0v) is 14.5. The fraction of sp³-hybridized carbons (Fsp3) is 0.562. The van der Waals surface area contributed by atoms with Gasteiger partial charge in [0.15, 0.2) is 0 Å². The number of carbonyl (C=O) groups is 1. The van der Waals surface area contributed by atoms with Gasteiger partial charge in [0.1, 0.15) is 0 Å². The van der Waals surface area contributed by atoms with E-state index in [9.17, 15) is 13.2 Å². The van der Waals surface area contributed by atoms with E-state index in [0.717, 1.165) is 38.3 Å². The second-order valence-electron chi connectivity index (χ2n) is 6.16. The van der Waals surface area contributed by atoms with Gasteiger partial charge in [0.2, 0.25) is 10.0 Å². The number of amides is 1. The number of hydrogen-bond donors (Lipinski definition) is 0. The maximum absolute atomic E-state index is 12.6. The van der Waals surface area contributed by atoms with Crippen molar-refractivity contribution in [3.05, 3.63) is 29.3 Å². The summed E-state index contributed by atoms with van der Waals surface area (Å²) in [7, 11) is -3.25. The van der Waals surface area contributed by atoms with Crippen LogP contribution in [-0.4, -0.2) is 69.6 Å². The first-order chi connectivity index (χ1) is 10.9. The number of piperazine rings is 1. The quantitative estimate of drug-likeness (QED) is 0.818. The Morgan fingerprint density at radius 1 is 1.13 bits per heavy atom. The van der Waals surface area contributed by atoms with Crippen LogP contribution in [0.25, 0.3) is 0 Å². The Hall–Kier alpha value is -1.60. The van der Waals surface area contributed by atoms with Crippen molar-refractivity contribution in [2.45, 2.75) is 13.3 Å². The van der Waals surface area contributed by atoms with Crippen molar-refractivity contribution in [2.75, 3.05) is 49.8 Å². The summed E-state index contributed by atoms with van der Waals surface area (Å²) in [6, 6.07) is 5.37. The summed E-state index contributed by atoms with van der Waals surface area (Å²) in [6.07, 6.45) is 1.88. The number of sulfonamides is 1. The molecule has 6 nitrogen and oxygen atoms in total. The second-order valence-corrected chi connectivity index (χ2v) is 8.06. The zero-order chi connectivity index (χ0) is 16.6. The van der Waals surface area contributed by atoms with Crippen molar-refractivity contribution >= 4 is 21.6 Å². The van der Waals surface area contributed by atoms with Gasteiger partial charge in [-0.2, -0.15) is 0 Å². The van der Waals surface area contributed by atoms with Gasteiger partial charge in [0, 0.05) is 38.3 Å². The van der Waals surface area contributed by atoms with Crippen LogP contribution < -0.4 is 4.31 Å². The topological polar surface area (TPSA) is 60.9 Å². The highest BCUT2D eigenvalue weighted by Crippen LogP contribution is 2.31. The molecule has 1 saturated heterocycles. The number of benzene rings is 1. The molecular formula is C16H23N3O3S. The van der Waals surface area contributed by atoms with E-state index in [2.05, 4.69) is 11.8 Å². The third kappa shape index (κ3) is 3.21. The van der Waals surface area contributed by atoms with E-state index in [0.29, 0.717) is 24.2 Å². The largest absolute Gasteiger partial charge is 0.336 e. The first-order valence-corrected chi connectivity index (χ1v) is 9.87. The highest BCUT2D eigenvalue weighted by Gasteiger charge is 2.28. The standard InChI is InChI=1S/C16H23N3O3S/c1-3-17-8-10-18(11-9-17)16(20)14-4-5-15-13(12-14)6-7-19(15)23(2,21)22/h4-5,12H,3,6-11H2,1-2H3. The molecule has 0 spiro atoms. The minimum absolute atomic E-state index is 0.0429. The maximum atomic E-state index is 12.6. The van der Waals surface area contributed by atoms with Gasteiger partial charge in [-0.05, 0) is 36.7 Å². The summed E-state index contributed by atoms with van der Waals surface area (Å²) in [5.74, 6) is 0.0429. The van der Waals surface area contributed by atoms with Crippen LogP contribution in [0.4, 0.5) is 5.69 Å². The summed E-state index contributed by atoms with van der Waals surface area (Å²) >= 11 is 0. The van der Waals surface area contributed by atoms with Crippen molar-refractivity contribution in [1.29, 1.82) is 0 Å². The number of nitrogens with zero attached hydrogens (tertiary/aromatic N) is 3. The SMILES string of the molecule is CCN1CCN(C(=O)c2ccc3c(c2)CCN3S(C)(=O)=O)CC1. The van der Waals surface area contributed by atoms with Gasteiger partial charge in [-0.1, -0.05) is 6.92 Å². The Balaban J connectivity index is 1.77. The lowest BCUT2D eigenvalue weighted by atomic mass is 10.1. The van der Waals surface area contributed by atoms with Gasteiger partial charge in [0.25, 0.3) is 5.91 Å². The lowest BCUT2D eigenvalue weighted by Crippen LogP contribution is -2.48. The molecule has 2 aliphatic heterocycles. The molecule has 0 N–H and O–H groups in total. The Bertz CT molecular complexity index is 709. The van der Waals surface area contributed by atoms with Crippen LogP contribution >= 0.6 is 0 Å². The highest BCUT2D eigenvalue weighted by molar-refractivity contribution is 7.92. The molecule has 1 fully saturated rings. The molecule has 1 aromatic carbocycles. The molecule has 0 unspecified atom stereocenters. The predicted octanol–water partition coefficient (Wildman–Crippen LogP) is 0.786. The van der Waals surface area contributed by atoms with E-state index in [-0.39, 0.29) is 5.91 Å². The molecule has 3 rings (SSSR count). The van der Waals surface area contributed by atoms with Gasteiger partial charge in [0.05, 0.1) is 11.9 Å². The van der Waals surface area contributed by atoms with Gasteiger partial charge in [-0.3, -0.25) is 9.10 Å². The Labute approximate surface area is 137 Å². The van der Waals surface area contributed by atoms with Crippen LogP contribution in [0.5, 0.6) is 0 Å². The number of carbonyl (C=O) groups excluding carboxylic acids is 1. The second kappa shape index (κ2) is 6.13. The molecule has 126 valence electrons. The van der Waals surface area contributed by atoms with Crippen molar-refractivity contribution in [3.8, 4) is 0 Å². The van der Waals surface area contributed by atoms with Gasteiger partial charge in [-0.15, -0.1) is 0 Å². The van der Waals surface area contributed by atoms with Gasteiger partial charge < -0.3 is 9.80 Å². The average Bonchev–Trinajstić information content (AvgIpc) is 2.97. The smallest absolute Gasteiger partial charge is 0.253 e. The van der Waals surface area contributed by atoms with E-state index < -0.39 is 10.0 Å². The molecule has 0 radical (unpaired) electrons. The third-order valence-corrected chi connectivity index (χ3v) is 5.87. The lowest BCUT2D eigenvalue weighted by molar-refractivity contribution is 0.0643. The Morgan fingerprint density at radius 2 is 1.83 bits per heavy atom. The van der Waals surface area contributed by atoms with Crippen LogP contribution in [0.15, 0.2) is 18.2 Å². The number of rotatable bonds is 3. The van der Waals surface area contributed by atoms with E-state index in [1.165, 1.54) is 10.6 Å². The normalized spacial score (nSPS) is 19.0. The molecule has 0 aliphatic carbocycles. The monoisotopic (exact) mass is 337 g/mol. The van der Waals surface area contributed by atoms with E-state index >= 15 is 0 Å². The summed E-state index contributed by atoms with van der Waals surface area (Å²) in [5, 5.41) is 0. The van der Waals surface area contributed by atoms with Gasteiger partial charge in [-0.25, -0.2) is 8.42 Å². The fourth-order valence-electron chi connectivity index (χ4n) is 3.30. The van der Waals surface area contributed by atoms with Crippen molar-refractivity contribution < 1.29 is 13.2 Å². The van der Waals surface area contributed by atoms with E-state index in [1.807, 2.05) is 11.0 Å². The molecule has 0 aromatic heterocycles. The predicted molar refractivity (Wildman–Crippen MR) is 90.4 cm³/mol. The summed E-state index contributed by atoms with van der Waals surface area (Å²) < 4.78 is 24.9. The summed E-state index contributed by atoms with van der Waals surface area (Å²) in [6.45, 7) is 6.93. The molecule has 2 aliphatic rings. The number of anilines is 1.